The van der Waals surface area contributed by atoms with Crippen LogP contribution in [0.3, 0.4) is 0 Å². The Morgan fingerprint density at radius 2 is 1.69 bits per heavy atom. The van der Waals surface area contributed by atoms with E-state index in [9.17, 15) is 0 Å². The molecule has 0 saturated heterocycles. The van der Waals surface area contributed by atoms with Gasteiger partial charge in [0.05, 0.1) is 0 Å². The van der Waals surface area contributed by atoms with Gasteiger partial charge < -0.3 is 10.5 Å². The molecular formula is C11H25NO. The van der Waals surface area contributed by atoms with E-state index >= 15 is 0 Å². The van der Waals surface area contributed by atoms with Crippen molar-refractivity contribution in [1.29, 1.82) is 0 Å². The summed E-state index contributed by atoms with van der Waals surface area (Å²) >= 11 is 0. The monoisotopic (exact) mass is 187 g/mol. The molecule has 0 unspecified atom stereocenters. The van der Waals surface area contributed by atoms with E-state index in [1.54, 1.807) is 0 Å². The maximum atomic E-state index is 5.98. The molecule has 0 fully saturated rings. The van der Waals surface area contributed by atoms with Crippen molar-refractivity contribution in [2.45, 2.75) is 53.0 Å². The van der Waals surface area contributed by atoms with E-state index in [1.807, 2.05) is 6.92 Å². The summed E-state index contributed by atoms with van der Waals surface area (Å²) in [5.41, 5.74) is 6.20. The van der Waals surface area contributed by atoms with Crippen LogP contribution in [-0.2, 0) is 4.74 Å². The van der Waals surface area contributed by atoms with Crippen molar-refractivity contribution in [2.24, 2.45) is 11.1 Å². The van der Waals surface area contributed by atoms with Crippen LogP contribution in [0.5, 0.6) is 0 Å². The summed E-state index contributed by atoms with van der Waals surface area (Å²) in [4.78, 5) is 0. The molecule has 0 aliphatic rings. The third kappa shape index (κ3) is 8.26. The fourth-order valence-corrected chi connectivity index (χ4v) is 1.81. The van der Waals surface area contributed by atoms with Gasteiger partial charge in [-0.2, -0.15) is 0 Å². The van der Waals surface area contributed by atoms with Crippen LogP contribution >= 0.6 is 0 Å². The zero-order valence-corrected chi connectivity index (χ0v) is 9.81. The Kier molecular flexibility index (Phi) is 4.93. The molecule has 80 valence electrons. The second kappa shape index (κ2) is 4.97. The summed E-state index contributed by atoms with van der Waals surface area (Å²) in [5, 5.41) is 0. The van der Waals surface area contributed by atoms with E-state index in [0.29, 0.717) is 0 Å². The Hall–Kier alpha value is -0.0800. The van der Waals surface area contributed by atoms with Gasteiger partial charge in [0.2, 0.25) is 0 Å². The van der Waals surface area contributed by atoms with Crippen molar-refractivity contribution in [2.75, 3.05) is 13.2 Å². The highest BCUT2D eigenvalue weighted by Gasteiger charge is 2.25. The molecule has 13 heavy (non-hydrogen) atoms. The molecule has 0 amide bonds. The minimum Gasteiger partial charge on any atom is -0.382 e. The first-order valence-electron chi connectivity index (χ1n) is 5.13. The predicted octanol–water partition coefficient (Wildman–Crippen LogP) is 2.57. The lowest BCUT2D eigenvalue weighted by molar-refractivity contribution is 0.103. The molecule has 0 bridgehead atoms. The fraction of sp³-hybridized carbons (Fsp3) is 1.00. The highest BCUT2D eigenvalue weighted by atomic mass is 16.5. The maximum Gasteiger partial charge on any atom is 0.0470 e. The van der Waals surface area contributed by atoms with Crippen LogP contribution in [0.25, 0.3) is 0 Å². The molecule has 0 aromatic carbocycles. The average molecular weight is 187 g/mol. The Balaban J connectivity index is 3.80. The summed E-state index contributed by atoms with van der Waals surface area (Å²) < 4.78 is 5.34. The highest BCUT2D eigenvalue weighted by Crippen LogP contribution is 2.29. The summed E-state index contributed by atoms with van der Waals surface area (Å²) in [7, 11) is 0. The zero-order chi connectivity index (χ0) is 10.5. The molecule has 0 aliphatic carbocycles. The zero-order valence-electron chi connectivity index (χ0n) is 9.81. The van der Waals surface area contributed by atoms with E-state index in [-0.39, 0.29) is 11.0 Å². The van der Waals surface area contributed by atoms with Gasteiger partial charge in [-0.15, -0.1) is 0 Å². The summed E-state index contributed by atoms with van der Waals surface area (Å²) in [5.74, 6) is 0. The van der Waals surface area contributed by atoms with Crippen LogP contribution in [-0.4, -0.2) is 18.8 Å². The van der Waals surface area contributed by atoms with Crippen LogP contribution in [0, 0.1) is 5.41 Å². The van der Waals surface area contributed by atoms with Crippen molar-refractivity contribution in [3.63, 3.8) is 0 Å². The first-order chi connectivity index (χ1) is 5.77. The van der Waals surface area contributed by atoms with Gasteiger partial charge in [0, 0.05) is 18.8 Å². The van der Waals surface area contributed by atoms with Gasteiger partial charge in [-0.05, 0) is 39.0 Å². The Labute approximate surface area is 82.8 Å². The number of hydrogen-bond donors (Lipinski definition) is 1. The van der Waals surface area contributed by atoms with E-state index in [2.05, 4.69) is 27.7 Å². The molecule has 0 heterocycles. The summed E-state index contributed by atoms with van der Waals surface area (Å²) in [6.07, 6.45) is 2.12. The largest absolute Gasteiger partial charge is 0.382 e. The minimum atomic E-state index is -0.0737. The molecule has 2 N–H and O–H groups in total. The fourth-order valence-electron chi connectivity index (χ4n) is 1.81. The smallest absolute Gasteiger partial charge is 0.0470 e. The minimum absolute atomic E-state index is 0.0737. The van der Waals surface area contributed by atoms with Gasteiger partial charge in [-0.25, -0.2) is 0 Å². The topological polar surface area (TPSA) is 35.2 Å². The Morgan fingerprint density at radius 1 is 1.15 bits per heavy atom. The van der Waals surface area contributed by atoms with Crippen molar-refractivity contribution < 1.29 is 4.74 Å². The standard InChI is InChI=1S/C11H25NO/c1-6-13-8-7-10(2,3)9-11(4,5)12/h6-9,12H2,1-5H3. The third-order valence-electron chi connectivity index (χ3n) is 2.06. The lowest BCUT2D eigenvalue weighted by atomic mass is 9.78. The van der Waals surface area contributed by atoms with Crippen molar-refractivity contribution in [3.8, 4) is 0 Å². The summed E-state index contributed by atoms with van der Waals surface area (Å²) in [6, 6.07) is 0. The van der Waals surface area contributed by atoms with Crippen LogP contribution in [0.1, 0.15) is 47.5 Å². The second-order valence-electron chi connectivity index (χ2n) is 5.28. The van der Waals surface area contributed by atoms with Gasteiger partial charge in [-0.1, -0.05) is 13.8 Å². The van der Waals surface area contributed by atoms with Gasteiger partial charge in [0.15, 0.2) is 0 Å². The first-order valence-corrected chi connectivity index (χ1v) is 5.13. The van der Waals surface area contributed by atoms with Gasteiger partial charge in [0.1, 0.15) is 0 Å². The highest BCUT2D eigenvalue weighted by molar-refractivity contribution is 4.81. The van der Waals surface area contributed by atoms with Crippen LogP contribution in [0.15, 0.2) is 0 Å². The van der Waals surface area contributed by atoms with E-state index in [4.69, 9.17) is 10.5 Å². The Morgan fingerprint density at radius 3 is 2.08 bits per heavy atom. The molecule has 0 rings (SSSR count). The SMILES string of the molecule is CCOCCC(C)(C)CC(C)(C)N. The summed E-state index contributed by atoms with van der Waals surface area (Å²) in [6.45, 7) is 12.3. The molecule has 0 atom stereocenters. The lowest BCUT2D eigenvalue weighted by Gasteiger charge is -2.32. The Bertz CT molecular complexity index is 136. The van der Waals surface area contributed by atoms with Crippen LogP contribution in [0.2, 0.25) is 0 Å². The van der Waals surface area contributed by atoms with Crippen molar-refractivity contribution in [1.82, 2.24) is 0 Å². The number of nitrogens with two attached hydrogens (primary N) is 1. The molecule has 2 heteroatoms. The van der Waals surface area contributed by atoms with Crippen LogP contribution in [0.4, 0.5) is 0 Å². The number of ether oxygens (including phenoxy) is 1. The first kappa shape index (κ1) is 12.9. The van der Waals surface area contributed by atoms with E-state index in [0.717, 1.165) is 26.1 Å². The van der Waals surface area contributed by atoms with Crippen LogP contribution < -0.4 is 5.73 Å². The molecule has 0 saturated carbocycles. The molecule has 0 aromatic heterocycles. The number of rotatable bonds is 6. The van der Waals surface area contributed by atoms with Gasteiger partial charge in [-0.3, -0.25) is 0 Å². The molecular weight excluding hydrogens is 162 g/mol. The number of hydrogen-bond acceptors (Lipinski definition) is 2. The average Bonchev–Trinajstić information content (AvgIpc) is 1.81. The molecule has 0 spiro atoms. The van der Waals surface area contributed by atoms with Gasteiger partial charge >= 0.3 is 0 Å². The van der Waals surface area contributed by atoms with Crippen molar-refractivity contribution in [3.05, 3.63) is 0 Å². The molecule has 0 aliphatic heterocycles. The quantitative estimate of drug-likeness (QED) is 0.649. The van der Waals surface area contributed by atoms with E-state index < -0.39 is 0 Å². The second-order valence-corrected chi connectivity index (χ2v) is 5.28. The molecule has 0 radical (unpaired) electrons. The maximum absolute atomic E-state index is 5.98. The normalized spacial score (nSPS) is 13.4. The molecule has 2 nitrogen and oxygen atoms in total. The lowest BCUT2D eigenvalue weighted by Crippen LogP contribution is -2.37. The third-order valence-corrected chi connectivity index (χ3v) is 2.06. The van der Waals surface area contributed by atoms with E-state index in [1.165, 1.54) is 0 Å². The van der Waals surface area contributed by atoms with Crippen molar-refractivity contribution >= 4 is 0 Å². The molecule has 0 aromatic rings. The van der Waals surface area contributed by atoms with Gasteiger partial charge in [0.25, 0.3) is 0 Å². The predicted molar refractivity (Wildman–Crippen MR) is 57.8 cm³/mol.